The van der Waals surface area contributed by atoms with Crippen LogP contribution in [0, 0.1) is 6.33 Å². The Bertz CT molecular complexity index is 4680. The molecular formula is C70H53BN4O. The fraction of sp³-hybridized carbons (Fsp3) is 0.0571. The molecule has 0 spiro atoms. The van der Waals surface area contributed by atoms with Gasteiger partial charge in [-0.3, -0.25) is 13.7 Å². The lowest BCUT2D eigenvalue weighted by atomic mass is 9.36. The minimum Gasteiger partial charge on any atom is -0.458 e. The largest absolute Gasteiger partial charge is 0.458 e. The zero-order valence-electron chi connectivity index (χ0n) is 51.9. The Morgan fingerprint density at radius 3 is 1.82 bits per heavy atom. The number of rotatable bonds is 11. The molecule has 0 N–H and O–H groups in total. The first-order chi connectivity index (χ1) is 41.5. The molecule has 13 aromatic rings. The minimum atomic E-state index is -0.577. The first kappa shape index (κ1) is 36.4. The normalized spacial score (nSPS) is 13.5. The Balaban J connectivity index is 1.08. The lowest BCUT2D eigenvalue weighted by Crippen LogP contribution is -2.52. The van der Waals surface area contributed by atoms with Gasteiger partial charge in [-0.05, 0) is 92.9 Å². The smallest absolute Gasteiger partial charge is 0.269 e. The van der Waals surface area contributed by atoms with Gasteiger partial charge in [0.15, 0.2) is 0 Å². The van der Waals surface area contributed by atoms with Crippen LogP contribution in [0.3, 0.4) is 0 Å². The van der Waals surface area contributed by atoms with Crippen LogP contribution in [-0.2, 0) is 5.41 Å². The van der Waals surface area contributed by atoms with Crippen molar-refractivity contribution in [3.8, 4) is 62.1 Å². The van der Waals surface area contributed by atoms with Crippen molar-refractivity contribution in [1.29, 1.82) is 0 Å². The van der Waals surface area contributed by atoms with Gasteiger partial charge in [0.1, 0.15) is 17.3 Å². The molecule has 0 radical (unpaired) electrons. The van der Waals surface area contributed by atoms with Gasteiger partial charge >= 0.3 is 0 Å². The summed E-state index contributed by atoms with van der Waals surface area (Å²) in [6.45, 7) is 6.38. The molecule has 0 aliphatic heterocycles. The van der Waals surface area contributed by atoms with E-state index in [-0.39, 0.29) is 40.1 Å². The number of para-hydroxylation sites is 4. The molecule has 0 saturated heterocycles. The van der Waals surface area contributed by atoms with Crippen LogP contribution in [0.2, 0.25) is 0 Å². The molecule has 5 nitrogen and oxygen atoms in total. The van der Waals surface area contributed by atoms with E-state index in [1.54, 1.807) is 22.8 Å². The highest BCUT2D eigenvalue weighted by Gasteiger charge is 2.26. The maximum absolute atomic E-state index is 9.25. The average molecular weight is 987 g/mol. The summed E-state index contributed by atoms with van der Waals surface area (Å²) in [5.74, 6) is 1.82. The molecule has 0 bridgehead atoms. The zero-order chi connectivity index (χ0) is 59.9. The van der Waals surface area contributed by atoms with Crippen molar-refractivity contribution < 1.29 is 23.0 Å². The molecule has 76 heavy (non-hydrogen) atoms. The molecule has 0 atom stereocenters. The monoisotopic (exact) mass is 986 g/mol. The number of hydrogen-bond donors (Lipinski definition) is 0. The molecule has 6 heteroatoms. The lowest BCUT2D eigenvalue weighted by molar-refractivity contribution is -0.571. The first-order valence-electron chi connectivity index (χ1n) is 30.2. The molecule has 0 saturated carbocycles. The van der Waals surface area contributed by atoms with Gasteiger partial charge in [-0.1, -0.05) is 243 Å². The van der Waals surface area contributed by atoms with Crippen molar-refractivity contribution in [2.75, 3.05) is 0 Å². The number of nitrogens with zero attached hydrogens (tertiary/aromatic N) is 4. The van der Waals surface area contributed by atoms with Gasteiger partial charge in [0.25, 0.3) is 6.33 Å². The average Bonchev–Trinajstić information content (AvgIpc) is 1.95. The zero-order valence-corrected chi connectivity index (χ0v) is 41.9. The minimum absolute atomic E-state index is 0.129. The van der Waals surface area contributed by atoms with Gasteiger partial charge in [-0.2, -0.15) is 0 Å². The van der Waals surface area contributed by atoms with E-state index in [2.05, 4.69) is 135 Å². The van der Waals surface area contributed by atoms with Crippen LogP contribution in [0.25, 0.3) is 83.4 Å². The lowest BCUT2D eigenvalue weighted by Gasteiger charge is -2.20. The SMILES string of the molecule is [2H]c1c([2H])c([2H])c(-c2cccc(-c3c([2H])c([2H])c([2H])c([2H])c3[2H])c2-[n+]2[c-]n(-c3cc(Oc4ccc5c6ccccc6n(-c6cc(C(C)(C)C)ccn6)c5c4)cc(-c4ccccc4B(c4ccccc4)c4ccccc4)c3)c3ccccc32)c([2H])c1[2H]. The second-order valence-electron chi connectivity index (χ2n) is 19.8. The molecule has 0 aliphatic carbocycles. The van der Waals surface area contributed by atoms with E-state index in [1.807, 2.05) is 89.6 Å². The van der Waals surface area contributed by atoms with E-state index in [9.17, 15) is 5.48 Å². The topological polar surface area (TPSA) is 35.9 Å². The van der Waals surface area contributed by atoms with Crippen LogP contribution in [0.15, 0.2) is 267 Å². The van der Waals surface area contributed by atoms with Gasteiger partial charge in [0, 0.05) is 23.0 Å². The summed E-state index contributed by atoms with van der Waals surface area (Å²) in [4.78, 5) is 4.93. The molecule has 362 valence electrons. The van der Waals surface area contributed by atoms with E-state index >= 15 is 0 Å². The molecule has 0 unspecified atom stereocenters. The van der Waals surface area contributed by atoms with Gasteiger partial charge in [-0.25, -0.2) is 4.98 Å². The van der Waals surface area contributed by atoms with Crippen molar-refractivity contribution in [1.82, 2.24) is 14.1 Å². The van der Waals surface area contributed by atoms with E-state index < -0.39 is 60.4 Å². The van der Waals surface area contributed by atoms with Gasteiger partial charge in [-0.15, -0.1) is 0 Å². The van der Waals surface area contributed by atoms with Crippen LogP contribution in [0.5, 0.6) is 11.5 Å². The van der Waals surface area contributed by atoms with Crippen molar-refractivity contribution >= 4 is 55.9 Å². The number of hydrogen-bond acceptors (Lipinski definition) is 2. The molecule has 13 rings (SSSR count). The Hall–Kier alpha value is -9.52. The summed E-state index contributed by atoms with van der Waals surface area (Å²) in [6.07, 6.45) is 5.46. The Labute approximate surface area is 458 Å². The summed E-state index contributed by atoms with van der Waals surface area (Å²) in [7, 11) is 0. The predicted molar refractivity (Wildman–Crippen MR) is 315 cm³/mol. The summed E-state index contributed by atoms with van der Waals surface area (Å²) in [5.41, 5.74) is 9.79. The third-order valence-electron chi connectivity index (χ3n) is 14.1. The van der Waals surface area contributed by atoms with Crippen molar-refractivity contribution in [3.05, 3.63) is 279 Å². The number of pyridine rings is 1. The standard InChI is InChI=1S/C70H53BN4O/c1-70(2,3)52-41-42-72-68(45-52)75-64-36-19-17-32-61(64)62-40-39-56(47-67(62)75)76-57-44-51(58-31-16-18-35-63(58)71(53-27-12-6-13-28-53)54-29-14-7-15-30-54)43-55(46-57)73-48-74(66-38-21-20-37-65(66)73)69-59(49-23-8-4-9-24-49)33-22-34-60(69)50-25-10-5-11-26-50/h4-47H,1-3H3/i4D,5D,8D,9D,10D,11D,23D,24D,25D,26D. The quantitative estimate of drug-likeness (QED) is 0.0735. The van der Waals surface area contributed by atoms with Gasteiger partial charge in [0.05, 0.1) is 47.1 Å². The molecule has 3 aromatic heterocycles. The number of imidazole rings is 1. The van der Waals surface area contributed by atoms with Crippen LogP contribution < -0.4 is 25.7 Å². The van der Waals surface area contributed by atoms with Crippen LogP contribution >= 0.6 is 0 Å². The number of benzene rings is 10. The van der Waals surface area contributed by atoms with Crippen molar-refractivity contribution in [2.24, 2.45) is 0 Å². The third-order valence-corrected chi connectivity index (χ3v) is 14.1. The maximum Gasteiger partial charge on any atom is 0.269 e. The highest BCUT2D eigenvalue weighted by atomic mass is 16.5. The number of ether oxygens (including phenoxy) is 1. The Morgan fingerprint density at radius 1 is 0.513 bits per heavy atom. The van der Waals surface area contributed by atoms with Crippen LogP contribution in [-0.4, -0.2) is 20.8 Å². The molecule has 10 aromatic carbocycles. The second kappa shape index (κ2) is 19.4. The van der Waals surface area contributed by atoms with Crippen LogP contribution in [0.4, 0.5) is 0 Å². The summed E-state index contributed by atoms with van der Waals surface area (Å²) >= 11 is 0. The highest BCUT2D eigenvalue weighted by Crippen LogP contribution is 2.39. The first-order valence-corrected chi connectivity index (χ1v) is 25.2. The van der Waals surface area contributed by atoms with Gasteiger partial charge < -0.3 is 4.74 Å². The molecule has 0 amide bonds. The van der Waals surface area contributed by atoms with Crippen LogP contribution in [0.1, 0.15) is 40.0 Å². The number of aromatic nitrogens is 4. The molecular weight excluding hydrogens is 924 g/mol. The number of fused-ring (bicyclic) bond motifs is 4. The molecule has 0 aliphatic rings. The summed E-state index contributed by atoms with van der Waals surface area (Å²) in [6, 6.07) is 60.8. The highest BCUT2D eigenvalue weighted by molar-refractivity contribution is 6.96. The van der Waals surface area contributed by atoms with E-state index in [0.29, 0.717) is 28.2 Å². The predicted octanol–water partition coefficient (Wildman–Crippen LogP) is 14.8. The van der Waals surface area contributed by atoms with Crippen molar-refractivity contribution in [3.63, 3.8) is 0 Å². The Kier molecular flexibility index (Phi) is 9.29. The molecule has 3 heterocycles. The van der Waals surface area contributed by atoms with Gasteiger partial charge in [0.2, 0.25) is 6.71 Å². The molecule has 0 fully saturated rings. The van der Waals surface area contributed by atoms with Crippen molar-refractivity contribution in [2.45, 2.75) is 26.2 Å². The van der Waals surface area contributed by atoms with E-state index in [4.69, 9.17) is 17.9 Å². The third kappa shape index (κ3) is 8.54. The van der Waals surface area contributed by atoms with E-state index in [0.717, 1.165) is 60.7 Å². The second-order valence-corrected chi connectivity index (χ2v) is 19.8. The maximum atomic E-state index is 9.25. The Morgan fingerprint density at radius 2 is 1.12 bits per heavy atom. The van der Waals surface area contributed by atoms with E-state index in [1.165, 1.54) is 0 Å². The fourth-order valence-corrected chi connectivity index (χ4v) is 10.6. The summed E-state index contributed by atoms with van der Waals surface area (Å²) in [5, 5.41) is 2.09. The fourth-order valence-electron chi connectivity index (χ4n) is 10.6. The summed E-state index contributed by atoms with van der Waals surface area (Å²) < 4.78 is 102.